The van der Waals surface area contributed by atoms with Crippen LogP contribution in [0.25, 0.3) is 0 Å². The summed E-state index contributed by atoms with van der Waals surface area (Å²) in [5.41, 5.74) is -0.0274. The van der Waals surface area contributed by atoms with Gasteiger partial charge in [0.15, 0.2) is 0 Å². The van der Waals surface area contributed by atoms with Crippen LogP contribution in [-0.2, 0) is 0 Å². The molecule has 7 heteroatoms. The molecule has 110 valence electrons. The Hall–Kier alpha value is -1.40. The second-order valence-corrected chi connectivity index (χ2v) is 5.40. The summed E-state index contributed by atoms with van der Waals surface area (Å²) in [4.78, 5) is 16.9. The SMILES string of the molecule is CCN1CCC(CNc2nc(Cl)ccc2[N+](=O)[O-])CC1. The fourth-order valence-electron chi connectivity index (χ4n) is 2.45. The third-order valence-corrected chi connectivity index (χ3v) is 3.96. The van der Waals surface area contributed by atoms with E-state index in [1.54, 1.807) is 0 Å². The zero-order valence-corrected chi connectivity index (χ0v) is 12.3. The lowest BCUT2D eigenvalue weighted by atomic mass is 9.97. The van der Waals surface area contributed by atoms with Crippen molar-refractivity contribution in [2.75, 3.05) is 31.5 Å². The molecule has 0 unspecified atom stereocenters. The molecule has 1 aromatic heterocycles. The van der Waals surface area contributed by atoms with E-state index in [2.05, 4.69) is 22.1 Å². The fourth-order valence-corrected chi connectivity index (χ4v) is 2.60. The smallest absolute Gasteiger partial charge is 0.311 e. The number of aromatic nitrogens is 1. The minimum Gasteiger partial charge on any atom is -0.364 e. The van der Waals surface area contributed by atoms with Gasteiger partial charge in [-0.15, -0.1) is 0 Å². The lowest BCUT2D eigenvalue weighted by Crippen LogP contribution is -2.35. The average Bonchev–Trinajstić information content (AvgIpc) is 2.45. The van der Waals surface area contributed by atoms with Crippen molar-refractivity contribution in [3.63, 3.8) is 0 Å². The van der Waals surface area contributed by atoms with Gasteiger partial charge in [0.05, 0.1) is 4.92 Å². The number of halogens is 1. The lowest BCUT2D eigenvalue weighted by molar-refractivity contribution is -0.384. The van der Waals surface area contributed by atoms with Crippen LogP contribution in [0.15, 0.2) is 12.1 Å². The minimum atomic E-state index is -0.439. The molecule has 1 aromatic rings. The van der Waals surface area contributed by atoms with E-state index in [4.69, 9.17) is 11.6 Å². The van der Waals surface area contributed by atoms with Crippen molar-refractivity contribution in [1.82, 2.24) is 9.88 Å². The summed E-state index contributed by atoms with van der Waals surface area (Å²) >= 11 is 5.80. The molecule has 1 saturated heterocycles. The van der Waals surface area contributed by atoms with Crippen LogP contribution < -0.4 is 5.32 Å². The Bertz CT molecular complexity index is 475. The van der Waals surface area contributed by atoms with Crippen molar-refractivity contribution < 1.29 is 4.92 Å². The Kier molecular flexibility index (Phi) is 5.14. The van der Waals surface area contributed by atoms with Gasteiger partial charge in [0.2, 0.25) is 5.82 Å². The molecule has 0 saturated carbocycles. The summed E-state index contributed by atoms with van der Waals surface area (Å²) in [5.74, 6) is 0.790. The van der Waals surface area contributed by atoms with E-state index in [0.29, 0.717) is 12.5 Å². The third kappa shape index (κ3) is 3.80. The van der Waals surface area contributed by atoms with Crippen molar-refractivity contribution in [1.29, 1.82) is 0 Å². The highest BCUT2D eigenvalue weighted by Crippen LogP contribution is 2.25. The van der Waals surface area contributed by atoms with Crippen LogP contribution in [0.4, 0.5) is 11.5 Å². The molecule has 0 aliphatic carbocycles. The Labute approximate surface area is 123 Å². The molecule has 1 aliphatic heterocycles. The molecular formula is C13H19ClN4O2. The molecule has 0 atom stereocenters. The van der Waals surface area contributed by atoms with Gasteiger partial charge in [-0.3, -0.25) is 10.1 Å². The van der Waals surface area contributed by atoms with Gasteiger partial charge < -0.3 is 10.2 Å². The number of anilines is 1. The van der Waals surface area contributed by atoms with Gasteiger partial charge in [-0.25, -0.2) is 4.98 Å². The maximum atomic E-state index is 10.9. The number of pyridine rings is 1. The third-order valence-electron chi connectivity index (χ3n) is 3.75. The van der Waals surface area contributed by atoms with Gasteiger partial charge in [0.1, 0.15) is 5.15 Å². The fraction of sp³-hybridized carbons (Fsp3) is 0.615. The maximum Gasteiger partial charge on any atom is 0.311 e. The predicted octanol–water partition coefficient (Wildman–Crippen LogP) is 2.79. The summed E-state index contributed by atoms with van der Waals surface area (Å²) in [7, 11) is 0. The first-order valence-electron chi connectivity index (χ1n) is 6.87. The number of hydrogen-bond acceptors (Lipinski definition) is 5. The molecule has 1 N–H and O–H groups in total. The Morgan fingerprint density at radius 2 is 2.20 bits per heavy atom. The molecule has 0 aromatic carbocycles. The van der Waals surface area contributed by atoms with E-state index in [9.17, 15) is 10.1 Å². The van der Waals surface area contributed by atoms with Crippen LogP contribution in [0, 0.1) is 16.0 Å². The number of likely N-dealkylation sites (tertiary alicyclic amines) is 1. The summed E-state index contributed by atoms with van der Waals surface area (Å²) < 4.78 is 0. The normalized spacial score (nSPS) is 17.1. The van der Waals surface area contributed by atoms with Crippen molar-refractivity contribution in [3.05, 3.63) is 27.4 Å². The second kappa shape index (κ2) is 6.85. The first-order valence-corrected chi connectivity index (χ1v) is 7.25. The molecule has 1 fully saturated rings. The minimum absolute atomic E-state index is 0.0274. The second-order valence-electron chi connectivity index (χ2n) is 5.02. The first-order chi connectivity index (χ1) is 9.60. The van der Waals surface area contributed by atoms with Crippen LogP contribution in [-0.4, -0.2) is 41.0 Å². The lowest BCUT2D eigenvalue weighted by Gasteiger charge is -2.31. The van der Waals surface area contributed by atoms with Gasteiger partial charge in [-0.05, 0) is 44.5 Å². The number of hydrogen-bond donors (Lipinski definition) is 1. The number of nitrogens with one attached hydrogen (secondary N) is 1. The summed E-state index contributed by atoms with van der Waals surface area (Å²) in [5, 5.41) is 14.3. The largest absolute Gasteiger partial charge is 0.364 e. The van der Waals surface area contributed by atoms with Gasteiger partial charge >= 0.3 is 5.69 Å². The zero-order valence-electron chi connectivity index (χ0n) is 11.5. The molecule has 2 rings (SSSR count). The molecule has 0 amide bonds. The quantitative estimate of drug-likeness (QED) is 0.514. The number of rotatable bonds is 5. The highest BCUT2D eigenvalue weighted by molar-refractivity contribution is 6.29. The Balaban J connectivity index is 1.94. The molecule has 1 aliphatic rings. The van der Waals surface area contributed by atoms with E-state index in [-0.39, 0.29) is 16.7 Å². The molecule has 0 radical (unpaired) electrons. The van der Waals surface area contributed by atoms with Crippen LogP contribution in [0.1, 0.15) is 19.8 Å². The van der Waals surface area contributed by atoms with Crippen molar-refractivity contribution >= 4 is 23.1 Å². The standard InChI is InChI=1S/C13H19ClN4O2/c1-2-17-7-5-10(6-8-17)9-15-13-11(18(19)20)3-4-12(14)16-13/h3-4,10H,2,5-9H2,1H3,(H,15,16). The van der Waals surface area contributed by atoms with Crippen molar-refractivity contribution in [2.45, 2.75) is 19.8 Å². The Morgan fingerprint density at radius 3 is 2.80 bits per heavy atom. The van der Waals surface area contributed by atoms with Crippen LogP contribution in [0.3, 0.4) is 0 Å². The highest BCUT2D eigenvalue weighted by atomic mass is 35.5. The molecule has 2 heterocycles. The Morgan fingerprint density at radius 1 is 1.50 bits per heavy atom. The first kappa shape index (κ1) is 15.0. The van der Waals surface area contributed by atoms with Crippen molar-refractivity contribution in [2.24, 2.45) is 5.92 Å². The molecule has 0 spiro atoms. The number of nitrogens with zero attached hydrogens (tertiary/aromatic N) is 3. The topological polar surface area (TPSA) is 71.3 Å². The van der Waals surface area contributed by atoms with Crippen LogP contribution in [0.5, 0.6) is 0 Å². The maximum absolute atomic E-state index is 10.9. The van der Waals surface area contributed by atoms with E-state index < -0.39 is 4.92 Å². The van der Waals surface area contributed by atoms with E-state index in [1.165, 1.54) is 12.1 Å². The van der Waals surface area contributed by atoms with Gasteiger partial charge in [-0.2, -0.15) is 0 Å². The number of nitro groups is 1. The van der Waals surface area contributed by atoms with Gasteiger partial charge in [0.25, 0.3) is 0 Å². The van der Waals surface area contributed by atoms with E-state index >= 15 is 0 Å². The zero-order chi connectivity index (χ0) is 14.5. The summed E-state index contributed by atoms with van der Waals surface area (Å²) in [6.07, 6.45) is 2.21. The number of piperidine rings is 1. The van der Waals surface area contributed by atoms with Crippen LogP contribution >= 0.6 is 11.6 Å². The molecule has 6 nitrogen and oxygen atoms in total. The molecular weight excluding hydrogens is 280 g/mol. The van der Waals surface area contributed by atoms with E-state index in [0.717, 1.165) is 32.5 Å². The van der Waals surface area contributed by atoms with Gasteiger partial charge in [0, 0.05) is 12.6 Å². The van der Waals surface area contributed by atoms with E-state index in [1.807, 2.05) is 0 Å². The molecule has 20 heavy (non-hydrogen) atoms. The highest BCUT2D eigenvalue weighted by Gasteiger charge is 2.20. The summed E-state index contributed by atoms with van der Waals surface area (Å²) in [6.45, 7) is 6.13. The molecule has 0 bridgehead atoms. The predicted molar refractivity (Wildman–Crippen MR) is 79.2 cm³/mol. The average molecular weight is 299 g/mol. The van der Waals surface area contributed by atoms with Crippen LogP contribution in [0.2, 0.25) is 5.15 Å². The van der Waals surface area contributed by atoms with Crippen molar-refractivity contribution in [3.8, 4) is 0 Å². The van der Waals surface area contributed by atoms with Gasteiger partial charge in [-0.1, -0.05) is 18.5 Å². The summed E-state index contributed by atoms with van der Waals surface area (Å²) in [6, 6.07) is 2.82. The monoisotopic (exact) mass is 298 g/mol.